The quantitative estimate of drug-likeness (QED) is 0.741. The normalized spacial score (nSPS) is 15.2. The molecule has 82 valence electrons. The van der Waals surface area contributed by atoms with Gasteiger partial charge >= 0.3 is 5.63 Å². The van der Waals surface area contributed by atoms with Crippen LogP contribution in [0.4, 0.5) is 0 Å². The summed E-state index contributed by atoms with van der Waals surface area (Å²) in [5.41, 5.74) is 2.85. The fraction of sp³-hybridized carbons (Fsp3) is 0. The first-order chi connectivity index (χ1) is 8.33. The van der Waals surface area contributed by atoms with E-state index >= 15 is 0 Å². The van der Waals surface area contributed by atoms with Gasteiger partial charge in [0.2, 0.25) is 0 Å². The molecule has 0 saturated heterocycles. The lowest BCUT2D eigenvalue weighted by molar-refractivity contribution is 0.501. The van der Waals surface area contributed by atoms with Crippen LogP contribution in [0.1, 0.15) is 16.9 Å². The Morgan fingerprint density at radius 3 is 2.59 bits per heavy atom. The molecule has 2 nitrogen and oxygen atoms in total. The Kier molecular flexibility index (Phi) is 2.26. The minimum Gasteiger partial charge on any atom is -0.423 e. The molecule has 1 aromatic carbocycles. The van der Waals surface area contributed by atoms with Gasteiger partial charge in [-0.05, 0) is 29.4 Å². The molecule has 1 aliphatic carbocycles. The smallest absolute Gasteiger partial charge is 0.336 e. The zero-order valence-electron chi connectivity index (χ0n) is 9.09. The van der Waals surface area contributed by atoms with Crippen molar-refractivity contribution in [2.75, 3.05) is 0 Å². The Balaban J connectivity index is 2.08. The third kappa shape index (κ3) is 1.85. The van der Waals surface area contributed by atoms with Crippen molar-refractivity contribution in [2.45, 2.75) is 0 Å². The minimum absolute atomic E-state index is 0.311. The number of allylic oxidation sites excluding steroid dienone is 2. The first kappa shape index (κ1) is 9.85. The van der Waals surface area contributed by atoms with Gasteiger partial charge in [-0.15, -0.1) is 0 Å². The molecule has 0 atom stereocenters. The molecule has 0 aliphatic heterocycles. The van der Waals surface area contributed by atoms with Crippen LogP contribution >= 0.6 is 0 Å². The first-order valence-electron chi connectivity index (χ1n) is 5.42. The Bertz CT molecular complexity index is 661. The van der Waals surface area contributed by atoms with Crippen LogP contribution in [0.2, 0.25) is 0 Å². The van der Waals surface area contributed by atoms with Gasteiger partial charge in [-0.2, -0.15) is 0 Å². The summed E-state index contributed by atoms with van der Waals surface area (Å²) in [7, 11) is 0. The molecule has 1 heterocycles. The van der Waals surface area contributed by atoms with Crippen LogP contribution in [-0.2, 0) is 0 Å². The average Bonchev–Trinajstić information content (AvgIpc) is 2.73. The van der Waals surface area contributed by atoms with Crippen molar-refractivity contribution in [1.29, 1.82) is 0 Å². The zero-order valence-corrected chi connectivity index (χ0v) is 9.09. The van der Waals surface area contributed by atoms with E-state index in [1.165, 1.54) is 6.07 Å². The van der Waals surface area contributed by atoms with E-state index in [4.69, 9.17) is 4.42 Å². The highest BCUT2D eigenvalue weighted by Gasteiger charge is 2.12. The molecule has 0 fully saturated rings. The Morgan fingerprint density at radius 2 is 1.76 bits per heavy atom. The maximum Gasteiger partial charge on any atom is 0.336 e. The van der Waals surface area contributed by atoms with Gasteiger partial charge in [0.25, 0.3) is 0 Å². The van der Waals surface area contributed by atoms with E-state index in [0.717, 1.165) is 16.7 Å². The molecule has 1 aromatic heterocycles. The summed E-state index contributed by atoms with van der Waals surface area (Å²) in [5, 5.41) is 0. The average molecular weight is 222 g/mol. The standard InChI is InChI=1S/C15H10O2/c16-15-9-7-13-12(6-8-14(13)17-15)10-11-4-2-1-3-5-11/h1-10H. The molecule has 3 rings (SSSR count). The SMILES string of the molecule is O=c1ccc2c(o1)C=CC2=Cc1ccccc1. The molecule has 17 heavy (non-hydrogen) atoms. The molecule has 0 saturated carbocycles. The fourth-order valence-corrected chi connectivity index (χ4v) is 1.90. The van der Waals surface area contributed by atoms with E-state index in [2.05, 4.69) is 6.08 Å². The van der Waals surface area contributed by atoms with Crippen LogP contribution in [0, 0.1) is 0 Å². The van der Waals surface area contributed by atoms with E-state index in [9.17, 15) is 4.79 Å². The molecule has 0 spiro atoms. The highest BCUT2D eigenvalue weighted by atomic mass is 16.4. The topological polar surface area (TPSA) is 30.2 Å². The van der Waals surface area contributed by atoms with Crippen LogP contribution in [0.3, 0.4) is 0 Å². The third-order valence-corrected chi connectivity index (χ3v) is 2.71. The Hall–Kier alpha value is -2.35. The second-order valence-corrected chi connectivity index (χ2v) is 3.88. The second-order valence-electron chi connectivity index (χ2n) is 3.88. The molecule has 0 unspecified atom stereocenters. The predicted molar refractivity (Wildman–Crippen MR) is 68.3 cm³/mol. The summed E-state index contributed by atoms with van der Waals surface area (Å²) in [6.07, 6.45) is 5.86. The van der Waals surface area contributed by atoms with Crippen LogP contribution in [0.5, 0.6) is 0 Å². The lowest BCUT2D eigenvalue weighted by Crippen LogP contribution is -1.97. The largest absolute Gasteiger partial charge is 0.423 e. The van der Waals surface area contributed by atoms with E-state index in [-0.39, 0.29) is 5.63 Å². The van der Waals surface area contributed by atoms with Gasteiger partial charge in [-0.1, -0.05) is 36.4 Å². The third-order valence-electron chi connectivity index (χ3n) is 2.71. The predicted octanol–water partition coefficient (Wildman–Crippen LogP) is 3.21. The highest BCUT2D eigenvalue weighted by Crippen LogP contribution is 2.29. The van der Waals surface area contributed by atoms with E-state index in [0.29, 0.717) is 5.76 Å². The number of hydrogen-bond donors (Lipinski definition) is 0. The van der Waals surface area contributed by atoms with Gasteiger partial charge in [0.05, 0.1) is 0 Å². The van der Waals surface area contributed by atoms with E-state index < -0.39 is 0 Å². The number of benzene rings is 1. The molecule has 1 aliphatic rings. The molecule has 0 bridgehead atoms. The molecule has 0 radical (unpaired) electrons. The lowest BCUT2D eigenvalue weighted by atomic mass is 10.1. The summed E-state index contributed by atoms with van der Waals surface area (Å²) >= 11 is 0. The Morgan fingerprint density at radius 1 is 0.941 bits per heavy atom. The van der Waals surface area contributed by atoms with E-state index in [1.54, 1.807) is 6.07 Å². The van der Waals surface area contributed by atoms with Gasteiger partial charge < -0.3 is 4.42 Å². The van der Waals surface area contributed by atoms with Crippen LogP contribution in [0.15, 0.2) is 57.8 Å². The summed E-state index contributed by atoms with van der Waals surface area (Å²) in [6.45, 7) is 0. The van der Waals surface area contributed by atoms with Crippen molar-refractivity contribution in [1.82, 2.24) is 0 Å². The van der Waals surface area contributed by atoms with Gasteiger partial charge in [0, 0.05) is 11.6 Å². The van der Waals surface area contributed by atoms with Crippen LogP contribution in [-0.4, -0.2) is 0 Å². The van der Waals surface area contributed by atoms with Gasteiger partial charge in [-0.25, -0.2) is 4.79 Å². The fourth-order valence-electron chi connectivity index (χ4n) is 1.90. The molecule has 2 aromatic rings. The van der Waals surface area contributed by atoms with Gasteiger partial charge in [0.1, 0.15) is 5.76 Å². The number of fused-ring (bicyclic) bond motifs is 1. The Labute approximate surface area is 98.5 Å². The monoisotopic (exact) mass is 222 g/mol. The molecule has 2 heteroatoms. The minimum atomic E-state index is -0.311. The molecule has 0 amide bonds. The maximum absolute atomic E-state index is 11.1. The molecular formula is C15H10O2. The molecular weight excluding hydrogens is 212 g/mol. The highest BCUT2D eigenvalue weighted by molar-refractivity contribution is 5.96. The van der Waals surface area contributed by atoms with Crippen LogP contribution in [0.25, 0.3) is 17.7 Å². The van der Waals surface area contributed by atoms with Crippen molar-refractivity contribution in [3.63, 3.8) is 0 Å². The van der Waals surface area contributed by atoms with Gasteiger partial charge in [0.15, 0.2) is 0 Å². The van der Waals surface area contributed by atoms with Crippen molar-refractivity contribution in [3.8, 4) is 0 Å². The van der Waals surface area contributed by atoms with Crippen molar-refractivity contribution in [3.05, 3.63) is 75.8 Å². The van der Waals surface area contributed by atoms with Crippen molar-refractivity contribution >= 4 is 17.7 Å². The zero-order chi connectivity index (χ0) is 11.7. The summed E-state index contributed by atoms with van der Waals surface area (Å²) in [5.74, 6) is 0.639. The second kappa shape index (κ2) is 3.91. The van der Waals surface area contributed by atoms with E-state index in [1.807, 2.05) is 42.5 Å². The summed E-state index contributed by atoms with van der Waals surface area (Å²) < 4.78 is 5.10. The summed E-state index contributed by atoms with van der Waals surface area (Å²) in [4.78, 5) is 11.1. The van der Waals surface area contributed by atoms with Gasteiger partial charge in [-0.3, -0.25) is 0 Å². The van der Waals surface area contributed by atoms with Crippen molar-refractivity contribution in [2.24, 2.45) is 0 Å². The van der Waals surface area contributed by atoms with Crippen LogP contribution < -0.4 is 5.63 Å². The summed E-state index contributed by atoms with van der Waals surface area (Å²) in [6, 6.07) is 13.3. The van der Waals surface area contributed by atoms with Crippen molar-refractivity contribution < 1.29 is 4.42 Å². The number of hydrogen-bond acceptors (Lipinski definition) is 2. The number of rotatable bonds is 1. The first-order valence-corrected chi connectivity index (χ1v) is 5.42. The molecule has 0 N–H and O–H groups in total. The maximum atomic E-state index is 11.1. The lowest BCUT2D eigenvalue weighted by Gasteiger charge is -1.99.